The predicted molar refractivity (Wildman–Crippen MR) is 84.9 cm³/mol. The second-order valence-electron chi connectivity index (χ2n) is 5.41. The molecule has 1 amide bonds. The van der Waals surface area contributed by atoms with Crippen LogP contribution in [-0.4, -0.2) is 42.5 Å². The number of aromatic nitrogens is 1. The van der Waals surface area contributed by atoms with Gasteiger partial charge in [-0.05, 0) is 31.0 Å². The quantitative estimate of drug-likeness (QED) is 0.932. The highest BCUT2D eigenvalue weighted by Gasteiger charge is 2.36. The van der Waals surface area contributed by atoms with Crippen molar-refractivity contribution in [2.75, 3.05) is 18.1 Å². The van der Waals surface area contributed by atoms with E-state index in [1.807, 2.05) is 30.3 Å². The fourth-order valence-electron chi connectivity index (χ4n) is 2.74. The Bertz CT molecular complexity index is 820. The number of amides is 1. The zero-order valence-electron chi connectivity index (χ0n) is 12.2. The standard InChI is InChI=1S/C15H17N3O3S/c1-22(20,21)18-10-4-7-13(18)15(19)17-14-9-8-11-5-2-3-6-12(11)16-14/h2-3,5-6,8-9,13H,4,7,10H2,1H3,(H,16,17,19)/t13-/m0/s1. The van der Waals surface area contributed by atoms with Gasteiger partial charge < -0.3 is 5.32 Å². The first kappa shape index (κ1) is 14.9. The van der Waals surface area contributed by atoms with Crippen LogP contribution in [0.5, 0.6) is 0 Å². The summed E-state index contributed by atoms with van der Waals surface area (Å²) in [4.78, 5) is 16.7. The van der Waals surface area contributed by atoms with Crippen molar-refractivity contribution in [3.63, 3.8) is 0 Å². The third-order valence-electron chi connectivity index (χ3n) is 3.78. The molecule has 116 valence electrons. The van der Waals surface area contributed by atoms with Crippen molar-refractivity contribution < 1.29 is 13.2 Å². The van der Waals surface area contributed by atoms with Gasteiger partial charge in [0.2, 0.25) is 15.9 Å². The van der Waals surface area contributed by atoms with Crippen molar-refractivity contribution in [1.82, 2.24) is 9.29 Å². The lowest BCUT2D eigenvalue weighted by Crippen LogP contribution is -2.42. The van der Waals surface area contributed by atoms with Gasteiger partial charge in [0.05, 0.1) is 11.8 Å². The fourth-order valence-corrected chi connectivity index (χ4v) is 3.87. The van der Waals surface area contributed by atoms with Gasteiger partial charge in [-0.3, -0.25) is 4.79 Å². The minimum atomic E-state index is -3.37. The lowest BCUT2D eigenvalue weighted by molar-refractivity contribution is -0.119. The van der Waals surface area contributed by atoms with E-state index in [0.29, 0.717) is 25.2 Å². The Morgan fingerprint density at radius 2 is 2.05 bits per heavy atom. The molecule has 1 aliphatic heterocycles. The van der Waals surface area contributed by atoms with Crippen LogP contribution in [0.4, 0.5) is 5.82 Å². The van der Waals surface area contributed by atoms with Gasteiger partial charge in [-0.2, -0.15) is 4.31 Å². The Morgan fingerprint density at radius 3 is 2.82 bits per heavy atom. The summed E-state index contributed by atoms with van der Waals surface area (Å²) >= 11 is 0. The molecule has 1 fully saturated rings. The SMILES string of the molecule is CS(=O)(=O)N1CCC[C@H]1C(=O)Nc1ccc2ccccc2n1. The molecule has 0 spiro atoms. The molecule has 3 rings (SSSR count). The van der Waals surface area contributed by atoms with Crippen LogP contribution in [0.25, 0.3) is 10.9 Å². The normalized spacial score (nSPS) is 19.4. The number of hydrogen-bond donors (Lipinski definition) is 1. The van der Waals surface area contributed by atoms with Crippen molar-refractivity contribution in [2.24, 2.45) is 0 Å². The lowest BCUT2D eigenvalue weighted by Gasteiger charge is -2.21. The molecule has 0 bridgehead atoms. The number of para-hydroxylation sites is 1. The summed E-state index contributed by atoms with van der Waals surface area (Å²) in [5.41, 5.74) is 0.784. The second-order valence-corrected chi connectivity index (χ2v) is 7.35. The van der Waals surface area contributed by atoms with E-state index in [1.165, 1.54) is 4.31 Å². The summed E-state index contributed by atoms with van der Waals surface area (Å²) < 4.78 is 24.7. The maximum atomic E-state index is 12.4. The van der Waals surface area contributed by atoms with E-state index in [2.05, 4.69) is 10.3 Å². The number of hydrogen-bond acceptors (Lipinski definition) is 4. The molecule has 1 aromatic carbocycles. The number of anilines is 1. The van der Waals surface area contributed by atoms with Crippen molar-refractivity contribution in [2.45, 2.75) is 18.9 Å². The van der Waals surface area contributed by atoms with E-state index in [-0.39, 0.29) is 5.91 Å². The largest absolute Gasteiger partial charge is 0.309 e. The van der Waals surface area contributed by atoms with E-state index in [1.54, 1.807) is 6.07 Å². The molecule has 2 heterocycles. The molecular formula is C15H17N3O3S. The van der Waals surface area contributed by atoms with Crippen LogP contribution in [0.15, 0.2) is 36.4 Å². The van der Waals surface area contributed by atoms with Gasteiger partial charge >= 0.3 is 0 Å². The monoisotopic (exact) mass is 319 g/mol. The molecular weight excluding hydrogens is 302 g/mol. The first-order chi connectivity index (χ1) is 10.4. The number of nitrogens with one attached hydrogen (secondary N) is 1. The Balaban J connectivity index is 1.80. The highest BCUT2D eigenvalue weighted by molar-refractivity contribution is 7.88. The maximum absolute atomic E-state index is 12.4. The highest BCUT2D eigenvalue weighted by Crippen LogP contribution is 2.22. The van der Waals surface area contributed by atoms with Crippen LogP contribution in [0, 0.1) is 0 Å². The number of rotatable bonds is 3. The molecule has 2 aromatic rings. The van der Waals surface area contributed by atoms with Crippen LogP contribution in [0.2, 0.25) is 0 Å². The second kappa shape index (κ2) is 5.66. The molecule has 1 atom stereocenters. The van der Waals surface area contributed by atoms with E-state index in [4.69, 9.17) is 0 Å². The minimum Gasteiger partial charge on any atom is -0.309 e. The van der Waals surface area contributed by atoms with Crippen LogP contribution in [0.3, 0.4) is 0 Å². The van der Waals surface area contributed by atoms with Gasteiger partial charge in [0.1, 0.15) is 11.9 Å². The molecule has 6 nitrogen and oxygen atoms in total. The molecule has 7 heteroatoms. The van der Waals surface area contributed by atoms with E-state index >= 15 is 0 Å². The van der Waals surface area contributed by atoms with Crippen molar-refractivity contribution in [3.05, 3.63) is 36.4 Å². The van der Waals surface area contributed by atoms with Gasteiger partial charge in [0, 0.05) is 11.9 Å². The van der Waals surface area contributed by atoms with Crippen LogP contribution in [-0.2, 0) is 14.8 Å². The van der Waals surface area contributed by atoms with Gasteiger partial charge in [-0.15, -0.1) is 0 Å². The molecule has 1 aromatic heterocycles. The molecule has 0 unspecified atom stereocenters. The average Bonchev–Trinajstić information content (AvgIpc) is 2.97. The summed E-state index contributed by atoms with van der Waals surface area (Å²) in [6.45, 7) is 0.391. The highest BCUT2D eigenvalue weighted by atomic mass is 32.2. The molecule has 1 saturated heterocycles. The summed E-state index contributed by atoms with van der Waals surface area (Å²) in [6.07, 6.45) is 2.36. The number of carbonyl (C=O) groups excluding carboxylic acids is 1. The zero-order chi connectivity index (χ0) is 15.7. The summed E-state index contributed by atoms with van der Waals surface area (Å²) in [6, 6.07) is 10.6. The number of sulfonamides is 1. The Hall–Kier alpha value is -1.99. The Labute approximate surface area is 129 Å². The third kappa shape index (κ3) is 2.95. The number of benzene rings is 1. The maximum Gasteiger partial charge on any atom is 0.243 e. The average molecular weight is 319 g/mol. The third-order valence-corrected chi connectivity index (χ3v) is 5.07. The molecule has 0 radical (unpaired) electrons. The molecule has 1 N–H and O–H groups in total. The lowest BCUT2D eigenvalue weighted by atomic mass is 10.2. The van der Waals surface area contributed by atoms with Crippen LogP contribution >= 0.6 is 0 Å². The van der Waals surface area contributed by atoms with Gasteiger partial charge in [-0.25, -0.2) is 13.4 Å². The van der Waals surface area contributed by atoms with Gasteiger partial charge in [0.15, 0.2) is 0 Å². The number of carbonyl (C=O) groups is 1. The van der Waals surface area contributed by atoms with Crippen LogP contribution in [0.1, 0.15) is 12.8 Å². The Morgan fingerprint density at radius 1 is 1.27 bits per heavy atom. The van der Waals surface area contributed by atoms with Crippen molar-refractivity contribution >= 4 is 32.7 Å². The van der Waals surface area contributed by atoms with Gasteiger partial charge in [-0.1, -0.05) is 18.2 Å². The molecule has 22 heavy (non-hydrogen) atoms. The number of pyridine rings is 1. The minimum absolute atomic E-state index is 0.328. The Kier molecular flexibility index (Phi) is 3.84. The number of nitrogens with zero attached hydrogens (tertiary/aromatic N) is 2. The fraction of sp³-hybridized carbons (Fsp3) is 0.333. The van der Waals surface area contributed by atoms with E-state index < -0.39 is 16.1 Å². The zero-order valence-corrected chi connectivity index (χ0v) is 13.0. The topological polar surface area (TPSA) is 79.4 Å². The first-order valence-electron chi connectivity index (χ1n) is 7.08. The first-order valence-corrected chi connectivity index (χ1v) is 8.93. The smallest absolute Gasteiger partial charge is 0.243 e. The van der Waals surface area contributed by atoms with Crippen LogP contribution < -0.4 is 5.32 Å². The molecule has 0 aliphatic carbocycles. The van der Waals surface area contributed by atoms with E-state index in [9.17, 15) is 13.2 Å². The summed E-state index contributed by atoms with van der Waals surface area (Å²) in [5.74, 6) is 0.106. The number of fused-ring (bicyclic) bond motifs is 1. The van der Waals surface area contributed by atoms with Crippen molar-refractivity contribution in [1.29, 1.82) is 0 Å². The summed E-state index contributed by atoms with van der Waals surface area (Å²) in [7, 11) is -3.37. The molecule has 1 aliphatic rings. The van der Waals surface area contributed by atoms with E-state index in [0.717, 1.165) is 17.2 Å². The summed E-state index contributed by atoms with van der Waals surface area (Å²) in [5, 5.41) is 3.71. The van der Waals surface area contributed by atoms with Crippen molar-refractivity contribution in [3.8, 4) is 0 Å². The molecule has 0 saturated carbocycles. The van der Waals surface area contributed by atoms with Gasteiger partial charge in [0.25, 0.3) is 0 Å². The predicted octanol–water partition coefficient (Wildman–Crippen LogP) is 1.60.